The summed E-state index contributed by atoms with van der Waals surface area (Å²) < 4.78 is 10.3. The zero-order valence-corrected chi connectivity index (χ0v) is 24.7. The molecule has 3 heterocycles. The summed E-state index contributed by atoms with van der Waals surface area (Å²) in [5, 5.41) is 12.7. The predicted octanol–water partition coefficient (Wildman–Crippen LogP) is 7.16. The molecular formula is C35H33N5O3. The quantitative estimate of drug-likeness (QED) is 0.211. The molecule has 0 fully saturated rings. The highest BCUT2D eigenvalue weighted by atomic mass is 16.5. The van der Waals surface area contributed by atoms with Crippen LogP contribution in [-0.4, -0.2) is 36.8 Å². The van der Waals surface area contributed by atoms with Crippen LogP contribution in [0, 0.1) is 27.7 Å². The van der Waals surface area contributed by atoms with Gasteiger partial charge in [0.15, 0.2) is 0 Å². The second-order valence-corrected chi connectivity index (χ2v) is 11.3. The summed E-state index contributed by atoms with van der Waals surface area (Å²) in [6.45, 7) is 9.39. The molecule has 0 unspecified atom stereocenters. The Morgan fingerprint density at radius 2 is 1.56 bits per heavy atom. The number of fused-ring (bicyclic) bond motifs is 3. The zero-order chi connectivity index (χ0) is 29.8. The Hall–Kier alpha value is -5.11. The first-order valence-electron chi connectivity index (χ1n) is 14.5. The van der Waals surface area contributed by atoms with Gasteiger partial charge in [0.05, 0.1) is 41.0 Å². The highest BCUT2D eigenvalue weighted by molar-refractivity contribution is 5.90. The topological polar surface area (TPSA) is 94.2 Å². The molecule has 2 N–H and O–H groups in total. The number of rotatable bonds is 7. The van der Waals surface area contributed by atoms with Gasteiger partial charge in [-0.2, -0.15) is 0 Å². The van der Waals surface area contributed by atoms with E-state index in [-0.39, 0.29) is 12.3 Å². The standard InChI is InChI=1S/C35H33N5O3/c1-20-8-5-11-29-34(20)37-22(3)40(29)31-13-7-12-30-35(31)38-23(4)39(30)28-10-6-9-24(21(28)2)18-36-26-14-15-27-25(16-33(41)42)19-43-32(27)17-26/h5-15,17,25,36H,16,18-19H2,1-4H3,(H,41,42)/t25-/m1/s1. The van der Waals surface area contributed by atoms with Crippen molar-refractivity contribution in [1.82, 2.24) is 19.1 Å². The fraction of sp³-hybridized carbons (Fsp3) is 0.229. The van der Waals surface area contributed by atoms with Gasteiger partial charge in [0, 0.05) is 29.8 Å². The number of aliphatic carboxylic acids is 1. The summed E-state index contributed by atoms with van der Waals surface area (Å²) in [5.74, 6) is 1.70. The highest BCUT2D eigenvalue weighted by Gasteiger charge is 2.26. The second-order valence-electron chi connectivity index (χ2n) is 11.3. The molecule has 0 spiro atoms. The van der Waals surface area contributed by atoms with Crippen molar-refractivity contribution in [3.05, 3.63) is 107 Å². The number of aryl methyl sites for hydroxylation is 3. The molecule has 1 aliphatic rings. The van der Waals surface area contributed by atoms with E-state index in [9.17, 15) is 9.90 Å². The van der Waals surface area contributed by atoms with Crippen LogP contribution in [0.5, 0.6) is 5.75 Å². The molecule has 0 bridgehead atoms. The van der Waals surface area contributed by atoms with Gasteiger partial charge >= 0.3 is 5.97 Å². The Balaban J connectivity index is 1.22. The normalized spacial score (nSPS) is 14.3. The molecule has 43 heavy (non-hydrogen) atoms. The van der Waals surface area contributed by atoms with Crippen molar-refractivity contribution in [2.24, 2.45) is 0 Å². The first kappa shape index (κ1) is 26.8. The van der Waals surface area contributed by atoms with Crippen molar-refractivity contribution in [3.63, 3.8) is 0 Å². The molecule has 2 aromatic heterocycles. The average molecular weight is 572 g/mol. The van der Waals surface area contributed by atoms with Gasteiger partial charge in [-0.05, 0) is 74.7 Å². The van der Waals surface area contributed by atoms with Gasteiger partial charge < -0.3 is 15.2 Å². The molecule has 7 rings (SSSR count). The SMILES string of the molecule is Cc1c(CNc2ccc3c(c2)OC[C@H]3CC(=O)O)cccc1-n1c(C)nc2c(-n3c(C)nc4c(C)cccc43)cccc21. The number of benzene rings is 4. The van der Waals surface area contributed by atoms with Crippen molar-refractivity contribution in [2.45, 2.75) is 46.6 Å². The van der Waals surface area contributed by atoms with E-state index < -0.39 is 5.97 Å². The van der Waals surface area contributed by atoms with Crippen LogP contribution < -0.4 is 10.1 Å². The number of para-hydroxylation sites is 2. The highest BCUT2D eigenvalue weighted by Crippen LogP contribution is 2.38. The fourth-order valence-electron chi connectivity index (χ4n) is 6.41. The first-order chi connectivity index (χ1) is 20.8. The number of carboxylic acid groups (broad SMARTS) is 1. The van der Waals surface area contributed by atoms with Gasteiger partial charge in [-0.25, -0.2) is 9.97 Å². The summed E-state index contributed by atoms with van der Waals surface area (Å²) in [5.41, 5.74) is 11.6. The van der Waals surface area contributed by atoms with Gasteiger partial charge in [-0.1, -0.05) is 36.4 Å². The largest absolute Gasteiger partial charge is 0.493 e. The number of hydrogen-bond acceptors (Lipinski definition) is 5. The van der Waals surface area contributed by atoms with Crippen molar-refractivity contribution in [2.75, 3.05) is 11.9 Å². The van der Waals surface area contributed by atoms with Crippen LogP contribution in [0.15, 0.2) is 72.8 Å². The van der Waals surface area contributed by atoms with Crippen LogP contribution >= 0.6 is 0 Å². The number of carbonyl (C=O) groups is 1. The molecule has 6 aromatic rings. The average Bonchev–Trinajstić information content (AvgIpc) is 3.65. The number of carboxylic acids is 1. The Morgan fingerprint density at radius 3 is 2.35 bits per heavy atom. The molecule has 1 aliphatic heterocycles. The number of anilines is 1. The second kappa shape index (κ2) is 10.3. The Morgan fingerprint density at radius 1 is 0.884 bits per heavy atom. The van der Waals surface area contributed by atoms with Crippen molar-refractivity contribution in [3.8, 4) is 17.1 Å². The minimum absolute atomic E-state index is 0.0772. The number of ether oxygens (including phenoxy) is 1. The lowest BCUT2D eigenvalue weighted by Crippen LogP contribution is -2.07. The van der Waals surface area contributed by atoms with E-state index in [1.54, 1.807) is 0 Å². The molecule has 0 aliphatic carbocycles. The van der Waals surface area contributed by atoms with Crippen molar-refractivity contribution >= 4 is 33.7 Å². The summed E-state index contributed by atoms with van der Waals surface area (Å²) in [4.78, 5) is 21.2. The smallest absolute Gasteiger partial charge is 0.304 e. The third-order valence-corrected chi connectivity index (χ3v) is 8.58. The molecule has 0 saturated heterocycles. The van der Waals surface area contributed by atoms with Crippen LogP contribution in [0.4, 0.5) is 5.69 Å². The van der Waals surface area contributed by atoms with Gasteiger partial charge in [0.2, 0.25) is 0 Å². The van der Waals surface area contributed by atoms with Crippen LogP contribution in [0.2, 0.25) is 0 Å². The molecule has 1 atom stereocenters. The molecular weight excluding hydrogens is 538 g/mol. The maximum atomic E-state index is 11.2. The van der Waals surface area contributed by atoms with Gasteiger partial charge in [-0.15, -0.1) is 0 Å². The van der Waals surface area contributed by atoms with Crippen LogP contribution in [0.25, 0.3) is 33.4 Å². The lowest BCUT2D eigenvalue weighted by Gasteiger charge is -2.16. The number of nitrogens with zero attached hydrogens (tertiary/aromatic N) is 4. The first-order valence-corrected chi connectivity index (χ1v) is 14.5. The Kier molecular flexibility index (Phi) is 6.42. The molecule has 0 radical (unpaired) electrons. The lowest BCUT2D eigenvalue weighted by molar-refractivity contribution is -0.137. The van der Waals surface area contributed by atoms with Gasteiger partial charge in [0.25, 0.3) is 0 Å². The van der Waals surface area contributed by atoms with Crippen LogP contribution in [-0.2, 0) is 11.3 Å². The Bertz CT molecular complexity index is 2050. The monoisotopic (exact) mass is 571 g/mol. The number of hydrogen-bond donors (Lipinski definition) is 2. The molecule has 4 aromatic carbocycles. The number of aromatic nitrogens is 4. The summed E-state index contributed by atoms with van der Waals surface area (Å²) in [6, 6.07) is 25.0. The maximum Gasteiger partial charge on any atom is 0.304 e. The van der Waals surface area contributed by atoms with E-state index in [4.69, 9.17) is 14.7 Å². The van der Waals surface area contributed by atoms with E-state index in [0.29, 0.717) is 13.2 Å². The summed E-state index contributed by atoms with van der Waals surface area (Å²) >= 11 is 0. The van der Waals surface area contributed by atoms with E-state index in [1.807, 2.05) is 25.1 Å². The van der Waals surface area contributed by atoms with Crippen molar-refractivity contribution < 1.29 is 14.6 Å². The van der Waals surface area contributed by atoms with E-state index in [2.05, 4.69) is 89.8 Å². The lowest BCUT2D eigenvalue weighted by atomic mass is 9.98. The van der Waals surface area contributed by atoms with Gasteiger partial charge in [0.1, 0.15) is 22.9 Å². The third-order valence-electron chi connectivity index (χ3n) is 8.58. The minimum atomic E-state index is -0.809. The van der Waals surface area contributed by atoms with E-state index >= 15 is 0 Å². The predicted molar refractivity (Wildman–Crippen MR) is 169 cm³/mol. The Labute approximate surface area is 249 Å². The maximum absolute atomic E-state index is 11.2. The van der Waals surface area contributed by atoms with Gasteiger partial charge in [-0.3, -0.25) is 13.9 Å². The van der Waals surface area contributed by atoms with E-state index in [1.165, 1.54) is 11.1 Å². The summed E-state index contributed by atoms with van der Waals surface area (Å²) in [7, 11) is 0. The van der Waals surface area contributed by atoms with E-state index in [0.717, 1.165) is 67.7 Å². The fourth-order valence-corrected chi connectivity index (χ4v) is 6.41. The van der Waals surface area contributed by atoms with Crippen molar-refractivity contribution in [1.29, 1.82) is 0 Å². The number of imidazole rings is 2. The molecule has 0 saturated carbocycles. The molecule has 8 heteroatoms. The van der Waals surface area contributed by atoms with Crippen LogP contribution in [0.1, 0.15) is 46.2 Å². The van der Waals surface area contributed by atoms with Crippen LogP contribution in [0.3, 0.4) is 0 Å². The number of nitrogens with one attached hydrogen (secondary N) is 1. The zero-order valence-electron chi connectivity index (χ0n) is 24.7. The molecule has 216 valence electrons. The third kappa shape index (κ3) is 4.50. The summed E-state index contributed by atoms with van der Waals surface area (Å²) in [6.07, 6.45) is 0.0772. The molecule has 8 nitrogen and oxygen atoms in total. The minimum Gasteiger partial charge on any atom is -0.493 e. The molecule has 0 amide bonds.